The molecule has 1 aromatic heterocycles. The number of amides is 1. The number of hydrogen-bond acceptors (Lipinski definition) is 5. The lowest BCUT2D eigenvalue weighted by molar-refractivity contribution is 0.125. The summed E-state index contributed by atoms with van der Waals surface area (Å²) in [6.45, 7) is 2.95. The summed E-state index contributed by atoms with van der Waals surface area (Å²) >= 11 is 0. The third-order valence-electron chi connectivity index (χ3n) is 4.66. The van der Waals surface area contributed by atoms with Gasteiger partial charge in [-0.15, -0.1) is 0 Å². The lowest BCUT2D eigenvalue weighted by atomic mass is 9.97. The second kappa shape index (κ2) is 8.01. The maximum atomic E-state index is 12.6. The molecule has 2 heterocycles. The van der Waals surface area contributed by atoms with Crippen LogP contribution in [0.15, 0.2) is 41.4 Å². The Hall–Kier alpha value is -2.52. The van der Waals surface area contributed by atoms with Crippen molar-refractivity contribution in [2.75, 3.05) is 19.6 Å². The van der Waals surface area contributed by atoms with Crippen LogP contribution in [0.3, 0.4) is 0 Å². The Morgan fingerprint density at radius 2 is 2.04 bits per heavy atom. The van der Waals surface area contributed by atoms with Gasteiger partial charge in [0, 0.05) is 31.4 Å². The minimum atomic E-state index is -3.65. The Bertz CT molecular complexity index is 924. The van der Waals surface area contributed by atoms with E-state index in [2.05, 4.69) is 14.7 Å². The monoisotopic (exact) mass is 390 g/mol. The highest BCUT2D eigenvalue weighted by molar-refractivity contribution is 7.89. The summed E-state index contributed by atoms with van der Waals surface area (Å²) in [5, 5.41) is 8.97. The van der Waals surface area contributed by atoms with Crippen LogP contribution >= 0.6 is 0 Å². The predicted octanol–water partition coefficient (Wildman–Crippen LogP) is 2.12. The average molecular weight is 390 g/mol. The number of aryl methyl sites for hydroxylation is 1. The van der Waals surface area contributed by atoms with Gasteiger partial charge < -0.3 is 10.0 Å². The smallest absolute Gasteiger partial charge is 0.407 e. The highest BCUT2D eigenvalue weighted by Gasteiger charge is 2.24. The molecule has 1 amide bonds. The van der Waals surface area contributed by atoms with Gasteiger partial charge in [0.05, 0.1) is 10.6 Å². The fourth-order valence-corrected chi connectivity index (χ4v) is 4.24. The minimum absolute atomic E-state index is 0.128. The summed E-state index contributed by atoms with van der Waals surface area (Å²) in [5.41, 5.74) is 1.37. The molecule has 1 aliphatic rings. The van der Waals surface area contributed by atoms with Gasteiger partial charge in [0.15, 0.2) is 0 Å². The highest BCUT2D eigenvalue weighted by Crippen LogP contribution is 2.21. The minimum Gasteiger partial charge on any atom is -0.465 e. The highest BCUT2D eigenvalue weighted by atomic mass is 32.2. The molecule has 3 rings (SSSR count). The summed E-state index contributed by atoms with van der Waals surface area (Å²) in [4.78, 5) is 20.9. The fraction of sp³-hybridized carbons (Fsp3) is 0.389. The molecule has 0 spiro atoms. The van der Waals surface area contributed by atoms with Gasteiger partial charge in [-0.2, -0.15) is 0 Å². The predicted molar refractivity (Wildman–Crippen MR) is 99.7 cm³/mol. The number of nitrogens with zero attached hydrogens (tertiary/aromatic N) is 3. The van der Waals surface area contributed by atoms with Crippen LogP contribution in [0.25, 0.3) is 11.3 Å². The first-order valence-electron chi connectivity index (χ1n) is 8.73. The standard InChI is InChI=1S/C18H22N4O4S/c1-13-19-8-5-17(21-13)15-3-2-4-16(11-15)27(25,26)20-12-14-6-9-22(10-7-14)18(23)24/h2-5,8,11,14,20H,6-7,9-10,12H2,1H3,(H,23,24). The Labute approximate surface area is 158 Å². The SMILES string of the molecule is Cc1nccc(-c2cccc(S(=O)(=O)NCC3CCN(C(=O)O)CC3)c2)n1. The van der Waals surface area contributed by atoms with E-state index in [-0.39, 0.29) is 10.8 Å². The largest absolute Gasteiger partial charge is 0.465 e. The maximum Gasteiger partial charge on any atom is 0.407 e. The molecule has 0 aliphatic carbocycles. The molecule has 8 nitrogen and oxygen atoms in total. The van der Waals surface area contributed by atoms with Gasteiger partial charge in [-0.1, -0.05) is 12.1 Å². The van der Waals surface area contributed by atoms with Gasteiger partial charge in [0.2, 0.25) is 10.0 Å². The lowest BCUT2D eigenvalue weighted by Gasteiger charge is -2.29. The van der Waals surface area contributed by atoms with Crippen molar-refractivity contribution in [3.05, 3.63) is 42.4 Å². The molecule has 1 aliphatic heterocycles. The summed E-state index contributed by atoms with van der Waals surface area (Å²) in [5.74, 6) is 0.745. The van der Waals surface area contributed by atoms with Crippen LogP contribution < -0.4 is 4.72 Å². The second-order valence-corrected chi connectivity index (χ2v) is 8.35. The lowest BCUT2D eigenvalue weighted by Crippen LogP contribution is -2.40. The van der Waals surface area contributed by atoms with Crippen molar-refractivity contribution in [3.63, 3.8) is 0 Å². The van der Waals surface area contributed by atoms with Crippen LogP contribution in [0.4, 0.5) is 4.79 Å². The summed E-state index contributed by atoms with van der Waals surface area (Å²) in [6.07, 6.45) is 2.01. The first-order valence-corrected chi connectivity index (χ1v) is 10.2. The molecule has 0 radical (unpaired) electrons. The van der Waals surface area contributed by atoms with Gasteiger partial charge in [-0.25, -0.2) is 27.9 Å². The van der Waals surface area contributed by atoms with Crippen LogP contribution in [-0.4, -0.2) is 54.1 Å². The van der Waals surface area contributed by atoms with Gasteiger partial charge in [0.1, 0.15) is 5.82 Å². The van der Waals surface area contributed by atoms with Crippen molar-refractivity contribution in [1.29, 1.82) is 0 Å². The second-order valence-electron chi connectivity index (χ2n) is 6.58. The average Bonchev–Trinajstić information content (AvgIpc) is 2.67. The molecular formula is C18H22N4O4S. The Morgan fingerprint density at radius 3 is 2.70 bits per heavy atom. The van der Waals surface area contributed by atoms with E-state index in [9.17, 15) is 13.2 Å². The third-order valence-corrected chi connectivity index (χ3v) is 6.08. The molecule has 27 heavy (non-hydrogen) atoms. The van der Waals surface area contributed by atoms with Crippen molar-refractivity contribution in [1.82, 2.24) is 19.6 Å². The van der Waals surface area contributed by atoms with Gasteiger partial charge in [-0.3, -0.25) is 0 Å². The number of benzene rings is 1. The van der Waals surface area contributed by atoms with E-state index < -0.39 is 16.1 Å². The van der Waals surface area contributed by atoms with Crippen molar-refractivity contribution in [3.8, 4) is 11.3 Å². The first kappa shape index (κ1) is 19.2. The molecule has 9 heteroatoms. The molecule has 1 aromatic carbocycles. The Balaban J connectivity index is 1.67. The van der Waals surface area contributed by atoms with Gasteiger partial charge >= 0.3 is 6.09 Å². The van der Waals surface area contributed by atoms with E-state index >= 15 is 0 Å². The van der Waals surface area contributed by atoms with Gasteiger partial charge in [-0.05, 0) is 43.9 Å². The number of sulfonamides is 1. The van der Waals surface area contributed by atoms with E-state index in [0.29, 0.717) is 49.6 Å². The normalized spacial score (nSPS) is 15.7. The number of carbonyl (C=O) groups is 1. The molecule has 0 unspecified atom stereocenters. The van der Waals surface area contributed by atoms with Crippen molar-refractivity contribution < 1.29 is 18.3 Å². The number of aromatic nitrogens is 2. The van der Waals surface area contributed by atoms with E-state index in [0.717, 1.165) is 0 Å². The van der Waals surface area contributed by atoms with Crippen LogP contribution in [-0.2, 0) is 10.0 Å². The van der Waals surface area contributed by atoms with Crippen LogP contribution in [0.1, 0.15) is 18.7 Å². The zero-order chi connectivity index (χ0) is 19.4. The molecule has 0 atom stereocenters. The Kier molecular flexibility index (Phi) is 5.71. The molecule has 0 bridgehead atoms. The molecule has 2 aromatic rings. The number of carboxylic acid groups (broad SMARTS) is 1. The summed E-state index contributed by atoms with van der Waals surface area (Å²) in [6, 6.07) is 8.38. The Morgan fingerprint density at radius 1 is 1.30 bits per heavy atom. The van der Waals surface area contributed by atoms with Crippen molar-refractivity contribution in [2.24, 2.45) is 5.92 Å². The van der Waals surface area contributed by atoms with E-state index in [4.69, 9.17) is 5.11 Å². The summed E-state index contributed by atoms with van der Waals surface area (Å²) in [7, 11) is -3.65. The molecule has 144 valence electrons. The third kappa shape index (κ3) is 4.81. The van der Waals surface area contributed by atoms with Crippen LogP contribution in [0, 0.1) is 12.8 Å². The van der Waals surface area contributed by atoms with Crippen LogP contribution in [0.5, 0.6) is 0 Å². The molecule has 1 saturated heterocycles. The van der Waals surface area contributed by atoms with Crippen molar-refractivity contribution >= 4 is 16.1 Å². The molecule has 2 N–H and O–H groups in total. The number of rotatable bonds is 5. The number of piperidine rings is 1. The van der Waals surface area contributed by atoms with Crippen LogP contribution in [0.2, 0.25) is 0 Å². The van der Waals surface area contributed by atoms with E-state index in [1.54, 1.807) is 37.4 Å². The quantitative estimate of drug-likeness (QED) is 0.809. The van der Waals surface area contributed by atoms with Crippen molar-refractivity contribution in [2.45, 2.75) is 24.7 Å². The zero-order valence-corrected chi connectivity index (χ0v) is 15.8. The fourth-order valence-electron chi connectivity index (χ4n) is 3.08. The summed E-state index contributed by atoms with van der Waals surface area (Å²) < 4.78 is 28.0. The molecule has 1 fully saturated rings. The molecular weight excluding hydrogens is 368 g/mol. The zero-order valence-electron chi connectivity index (χ0n) is 15.0. The maximum absolute atomic E-state index is 12.6. The van der Waals surface area contributed by atoms with E-state index in [1.807, 2.05) is 6.07 Å². The van der Waals surface area contributed by atoms with Gasteiger partial charge in [0.25, 0.3) is 0 Å². The molecule has 0 saturated carbocycles. The number of hydrogen-bond donors (Lipinski definition) is 2. The van der Waals surface area contributed by atoms with E-state index in [1.165, 1.54) is 4.90 Å². The number of likely N-dealkylation sites (tertiary alicyclic amines) is 1. The topological polar surface area (TPSA) is 112 Å². The first-order chi connectivity index (χ1) is 12.8. The number of nitrogens with one attached hydrogen (secondary N) is 1.